The summed E-state index contributed by atoms with van der Waals surface area (Å²) in [6.07, 6.45) is 5.40. The maximum Gasteiger partial charge on any atom is 0.227 e. The number of hydrogen-bond donors (Lipinski definition) is 1. The predicted octanol–water partition coefficient (Wildman–Crippen LogP) is 4.05. The van der Waals surface area contributed by atoms with Gasteiger partial charge in [0.15, 0.2) is 0 Å². The van der Waals surface area contributed by atoms with E-state index < -0.39 is 0 Å². The normalized spacial score (nSPS) is 11.0. The van der Waals surface area contributed by atoms with Crippen LogP contribution in [0.4, 0.5) is 11.6 Å². The van der Waals surface area contributed by atoms with Gasteiger partial charge in [-0.2, -0.15) is 5.10 Å². The monoisotopic (exact) mass is 307 g/mol. The Labute approximate surface area is 136 Å². The summed E-state index contributed by atoms with van der Waals surface area (Å²) >= 11 is 0. The van der Waals surface area contributed by atoms with Crippen LogP contribution in [-0.4, -0.2) is 19.7 Å². The van der Waals surface area contributed by atoms with Gasteiger partial charge in [-0.25, -0.2) is 9.97 Å². The summed E-state index contributed by atoms with van der Waals surface area (Å²) in [5.41, 5.74) is 5.54. The predicted molar refractivity (Wildman–Crippen MR) is 92.8 cm³/mol. The molecule has 0 saturated carbocycles. The van der Waals surface area contributed by atoms with Crippen LogP contribution in [0.5, 0.6) is 0 Å². The zero-order valence-corrected chi connectivity index (χ0v) is 13.9. The molecule has 0 atom stereocenters. The minimum Gasteiger partial charge on any atom is -0.321 e. The van der Waals surface area contributed by atoms with Gasteiger partial charge >= 0.3 is 0 Å². The van der Waals surface area contributed by atoms with Crippen molar-refractivity contribution in [2.75, 3.05) is 5.32 Å². The highest BCUT2D eigenvalue weighted by Crippen LogP contribution is 2.25. The summed E-state index contributed by atoms with van der Waals surface area (Å²) in [5.74, 6) is 1.10. The summed E-state index contributed by atoms with van der Waals surface area (Å²) in [4.78, 5) is 8.88. The van der Waals surface area contributed by atoms with Gasteiger partial charge in [-0.1, -0.05) is 26.0 Å². The smallest absolute Gasteiger partial charge is 0.227 e. The molecule has 0 aliphatic heterocycles. The van der Waals surface area contributed by atoms with Crippen LogP contribution in [0.1, 0.15) is 30.9 Å². The van der Waals surface area contributed by atoms with Gasteiger partial charge in [0.25, 0.3) is 0 Å². The molecule has 5 heteroatoms. The molecule has 23 heavy (non-hydrogen) atoms. The van der Waals surface area contributed by atoms with Gasteiger partial charge < -0.3 is 5.32 Å². The van der Waals surface area contributed by atoms with Crippen LogP contribution >= 0.6 is 0 Å². The molecule has 0 spiro atoms. The first kappa shape index (κ1) is 15.2. The first-order valence-electron chi connectivity index (χ1n) is 7.72. The Morgan fingerprint density at radius 1 is 1.17 bits per heavy atom. The molecule has 0 aliphatic rings. The summed E-state index contributed by atoms with van der Waals surface area (Å²) in [6.45, 7) is 6.57. The highest BCUT2D eigenvalue weighted by molar-refractivity contribution is 5.63. The molecule has 3 rings (SSSR count). The van der Waals surface area contributed by atoms with Gasteiger partial charge in [0, 0.05) is 25.0 Å². The van der Waals surface area contributed by atoms with E-state index in [1.165, 1.54) is 11.1 Å². The van der Waals surface area contributed by atoms with Crippen LogP contribution in [0.25, 0.3) is 11.3 Å². The van der Waals surface area contributed by atoms with Crippen LogP contribution in [0, 0.1) is 6.92 Å². The average molecular weight is 307 g/mol. The highest BCUT2D eigenvalue weighted by Gasteiger charge is 2.08. The fourth-order valence-electron chi connectivity index (χ4n) is 2.68. The molecular weight excluding hydrogens is 286 g/mol. The molecule has 1 N–H and O–H groups in total. The molecule has 0 saturated heterocycles. The van der Waals surface area contributed by atoms with E-state index in [9.17, 15) is 0 Å². The van der Waals surface area contributed by atoms with Crippen molar-refractivity contribution in [2.24, 2.45) is 7.05 Å². The molecule has 0 unspecified atom stereocenters. The van der Waals surface area contributed by atoms with Crippen LogP contribution in [-0.2, 0) is 7.05 Å². The van der Waals surface area contributed by atoms with E-state index in [0.717, 1.165) is 16.9 Å². The number of benzene rings is 1. The molecule has 0 aliphatic carbocycles. The number of aromatic nitrogens is 4. The second kappa shape index (κ2) is 6.20. The van der Waals surface area contributed by atoms with Crippen molar-refractivity contribution in [3.63, 3.8) is 0 Å². The molecule has 2 heterocycles. The van der Waals surface area contributed by atoms with E-state index >= 15 is 0 Å². The van der Waals surface area contributed by atoms with Crippen molar-refractivity contribution in [1.29, 1.82) is 0 Å². The number of nitrogens with zero attached hydrogens (tertiary/aromatic N) is 4. The molecule has 0 bridgehead atoms. The Hall–Kier alpha value is -2.69. The van der Waals surface area contributed by atoms with E-state index in [1.54, 1.807) is 17.1 Å². The quantitative estimate of drug-likeness (QED) is 0.790. The van der Waals surface area contributed by atoms with E-state index in [0.29, 0.717) is 11.9 Å². The van der Waals surface area contributed by atoms with Crippen LogP contribution in [0.3, 0.4) is 0 Å². The zero-order valence-electron chi connectivity index (χ0n) is 13.9. The lowest BCUT2D eigenvalue weighted by Crippen LogP contribution is -1.98. The summed E-state index contributed by atoms with van der Waals surface area (Å²) in [7, 11) is 1.88. The molecule has 0 fully saturated rings. The van der Waals surface area contributed by atoms with Gasteiger partial charge in [0.1, 0.15) is 0 Å². The lowest BCUT2D eigenvalue weighted by molar-refractivity contribution is 0.768. The zero-order chi connectivity index (χ0) is 16.4. The Kier molecular flexibility index (Phi) is 4.10. The van der Waals surface area contributed by atoms with Gasteiger partial charge in [-0.3, -0.25) is 4.68 Å². The molecule has 2 aromatic heterocycles. The highest BCUT2D eigenvalue weighted by atomic mass is 15.3. The van der Waals surface area contributed by atoms with Gasteiger partial charge in [-0.15, -0.1) is 0 Å². The Morgan fingerprint density at radius 3 is 2.65 bits per heavy atom. The van der Waals surface area contributed by atoms with Crippen molar-refractivity contribution in [2.45, 2.75) is 26.7 Å². The number of anilines is 2. The molecule has 0 radical (unpaired) electrons. The largest absolute Gasteiger partial charge is 0.321 e. The first-order valence-corrected chi connectivity index (χ1v) is 7.72. The maximum absolute atomic E-state index is 4.60. The van der Waals surface area contributed by atoms with Crippen molar-refractivity contribution < 1.29 is 0 Å². The summed E-state index contributed by atoms with van der Waals surface area (Å²) < 4.78 is 1.74. The molecule has 5 nitrogen and oxygen atoms in total. The maximum atomic E-state index is 4.60. The van der Waals surface area contributed by atoms with Crippen LogP contribution < -0.4 is 5.32 Å². The van der Waals surface area contributed by atoms with Crippen molar-refractivity contribution in [3.8, 4) is 11.3 Å². The van der Waals surface area contributed by atoms with Crippen molar-refractivity contribution in [1.82, 2.24) is 19.7 Å². The van der Waals surface area contributed by atoms with Gasteiger partial charge in [-0.05, 0) is 36.1 Å². The summed E-state index contributed by atoms with van der Waals surface area (Å²) in [5, 5.41) is 7.30. The molecule has 118 valence electrons. The summed E-state index contributed by atoms with van der Waals surface area (Å²) in [6, 6.07) is 8.42. The number of nitrogens with one attached hydrogen (secondary N) is 1. The van der Waals surface area contributed by atoms with Crippen LogP contribution in [0.15, 0.2) is 42.9 Å². The third kappa shape index (κ3) is 3.39. The number of rotatable bonds is 4. The van der Waals surface area contributed by atoms with Crippen LogP contribution in [0.2, 0.25) is 0 Å². The Bertz CT molecular complexity index is 820. The third-order valence-corrected chi connectivity index (χ3v) is 3.80. The standard InChI is InChI=1S/C18H21N5/c1-12(2)16-6-5-14(9-13(16)3)17-7-8-19-18(22-17)21-15-10-20-23(4)11-15/h5-12H,1-4H3,(H,19,21,22). The minimum atomic E-state index is 0.525. The van der Waals surface area contributed by atoms with Crippen molar-refractivity contribution >= 4 is 11.6 Å². The lowest BCUT2D eigenvalue weighted by Gasteiger charge is -2.11. The number of hydrogen-bond acceptors (Lipinski definition) is 4. The molecule has 1 aromatic carbocycles. The van der Waals surface area contributed by atoms with E-state index in [1.807, 2.05) is 19.3 Å². The second-order valence-corrected chi connectivity index (χ2v) is 6.02. The molecule has 0 amide bonds. The number of aryl methyl sites for hydroxylation is 2. The van der Waals surface area contributed by atoms with Gasteiger partial charge in [0.05, 0.1) is 17.6 Å². The minimum absolute atomic E-state index is 0.525. The topological polar surface area (TPSA) is 55.6 Å². The SMILES string of the molecule is Cc1cc(-c2ccnc(Nc3cnn(C)c3)n2)ccc1C(C)C. The average Bonchev–Trinajstić information content (AvgIpc) is 2.92. The first-order chi connectivity index (χ1) is 11.0. The van der Waals surface area contributed by atoms with Crippen molar-refractivity contribution in [3.05, 3.63) is 54.0 Å². The van der Waals surface area contributed by atoms with E-state index in [4.69, 9.17) is 0 Å². The third-order valence-electron chi connectivity index (χ3n) is 3.80. The van der Waals surface area contributed by atoms with E-state index in [-0.39, 0.29) is 0 Å². The van der Waals surface area contributed by atoms with Gasteiger partial charge in [0.2, 0.25) is 5.95 Å². The lowest BCUT2D eigenvalue weighted by atomic mass is 9.95. The van der Waals surface area contributed by atoms with E-state index in [2.05, 4.69) is 59.4 Å². The Morgan fingerprint density at radius 2 is 2.00 bits per heavy atom. The fraction of sp³-hybridized carbons (Fsp3) is 0.278. The fourth-order valence-corrected chi connectivity index (χ4v) is 2.68. The Balaban J connectivity index is 1.89. The second-order valence-electron chi connectivity index (χ2n) is 6.02. The molecule has 3 aromatic rings. The molecular formula is C18H21N5.